The van der Waals surface area contributed by atoms with Crippen LogP contribution in [0.4, 0.5) is 0 Å². The van der Waals surface area contributed by atoms with Crippen LogP contribution in [0.2, 0.25) is 0 Å². The molecular formula is C14H19N3OS. The van der Waals surface area contributed by atoms with Gasteiger partial charge in [0.1, 0.15) is 0 Å². The second kappa shape index (κ2) is 6.73. The van der Waals surface area contributed by atoms with Gasteiger partial charge in [-0.1, -0.05) is 30.3 Å². The molecule has 0 fully saturated rings. The molecule has 1 aromatic heterocycles. The van der Waals surface area contributed by atoms with E-state index < -0.39 is 0 Å². The Morgan fingerprint density at radius 1 is 1.37 bits per heavy atom. The molecule has 0 saturated carbocycles. The summed E-state index contributed by atoms with van der Waals surface area (Å²) in [6.07, 6.45) is 0. The highest BCUT2D eigenvalue weighted by molar-refractivity contribution is 7.98. The Bertz CT molecular complexity index is 527. The maximum absolute atomic E-state index is 5.26. The lowest BCUT2D eigenvalue weighted by Gasteiger charge is -2.05. The first kappa shape index (κ1) is 14.1. The van der Waals surface area contributed by atoms with Crippen LogP contribution in [0.5, 0.6) is 0 Å². The molecule has 1 N–H and O–H groups in total. The lowest BCUT2D eigenvalue weighted by molar-refractivity contribution is 0.339. The van der Waals surface area contributed by atoms with Gasteiger partial charge in [0.25, 0.3) is 0 Å². The monoisotopic (exact) mass is 277 g/mol. The number of benzene rings is 1. The minimum Gasteiger partial charge on any atom is -0.338 e. The molecule has 2 aromatic rings. The predicted molar refractivity (Wildman–Crippen MR) is 77.1 cm³/mol. The van der Waals surface area contributed by atoms with Gasteiger partial charge in [0.05, 0.1) is 11.8 Å². The molecule has 1 aromatic carbocycles. The van der Waals surface area contributed by atoms with Gasteiger partial charge >= 0.3 is 0 Å². The molecule has 19 heavy (non-hydrogen) atoms. The molecule has 102 valence electrons. The molecule has 1 atom stereocenters. The number of hydrogen-bond acceptors (Lipinski definition) is 5. The highest BCUT2D eigenvalue weighted by Crippen LogP contribution is 2.25. The summed E-state index contributed by atoms with van der Waals surface area (Å²) in [7, 11) is 0. The Balaban J connectivity index is 1.95. The minimum absolute atomic E-state index is 0.106. The third kappa shape index (κ3) is 3.81. The summed E-state index contributed by atoms with van der Waals surface area (Å²) in [4.78, 5) is 5.67. The van der Waals surface area contributed by atoms with Gasteiger partial charge in [0.15, 0.2) is 5.82 Å². The first-order valence-electron chi connectivity index (χ1n) is 6.45. The summed E-state index contributed by atoms with van der Waals surface area (Å²) < 4.78 is 5.26. The molecule has 0 spiro atoms. The number of rotatable bonds is 6. The van der Waals surface area contributed by atoms with Crippen molar-refractivity contribution in [2.45, 2.75) is 37.5 Å². The van der Waals surface area contributed by atoms with E-state index in [0.29, 0.717) is 5.89 Å². The van der Waals surface area contributed by atoms with Crippen LogP contribution in [0.25, 0.3) is 0 Å². The molecule has 0 aliphatic heterocycles. The lowest BCUT2D eigenvalue weighted by atomic mass is 10.2. The van der Waals surface area contributed by atoms with Crippen molar-refractivity contribution in [1.82, 2.24) is 15.5 Å². The second-order valence-electron chi connectivity index (χ2n) is 4.38. The highest BCUT2D eigenvalue weighted by Gasteiger charge is 2.13. The van der Waals surface area contributed by atoms with E-state index in [9.17, 15) is 0 Å². The number of nitrogens with one attached hydrogen (secondary N) is 1. The van der Waals surface area contributed by atoms with Gasteiger partial charge in [-0.3, -0.25) is 0 Å². The van der Waals surface area contributed by atoms with Crippen molar-refractivity contribution in [2.24, 2.45) is 0 Å². The Morgan fingerprint density at radius 3 is 2.89 bits per heavy atom. The Labute approximate surface area is 118 Å². The average molecular weight is 277 g/mol. The van der Waals surface area contributed by atoms with Crippen molar-refractivity contribution in [3.05, 3.63) is 41.5 Å². The third-order valence-electron chi connectivity index (χ3n) is 2.81. The standard InChI is InChI=1S/C14H19N3OS/c1-4-15-11(3)14-16-13(17-18-14)9-19-12-8-6-5-7-10(12)2/h5-8,11,15H,4,9H2,1-3H3. The molecule has 0 aliphatic rings. The van der Waals surface area contributed by atoms with Crippen LogP contribution >= 0.6 is 11.8 Å². The first-order chi connectivity index (χ1) is 9.20. The number of nitrogens with zero attached hydrogens (tertiary/aromatic N) is 2. The molecule has 2 rings (SSSR count). The van der Waals surface area contributed by atoms with Gasteiger partial charge in [0.2, 0.25) is 5.89 Å². The number of hydrogen-bond donors (Lipinski definition) is 1. The molecule has 1 heterocycles. The van der Waals surface area contributed by atoms with E-state index in [4.69, 9.17) is 4.52 Å². The van der Waals surface area contributed by atoms with Crippen LogP contribution in [0, 0.1) is 6.92 Å². The van der Waals surface area contributed by atoms with Crippen LogP contribution in [0.15, 0.2) is 33.7 Å². The quantitative estimate of drug-likeness (QED) is 0.821. The Kier molecular flexibility index (Phi) is 4.99. The van der Waals surface area contributed by atoms with E-state index in [2.05, 4.69) is 41.4 Å². The van der Waals surface area contributed by atoms with Crippen molar-refractivity contribution in [3.8, 4) is 0 Å². The number of aryl methyl sites for hydroxylation is 1. The average Bonchev–Trinajstić information content (AvgIpc) is 2.87. The van der Waals surface area contributed by atoms with Gasteiger partial charge in [-0.25, -0.2) is 0 Å². The van der Waals surface area contributed by atoms with Crippen molar-refractivity contribution in [1.29, 1.82) is 0 Å². The van der Waals surface area contributed by atoms with E-state index in [-0.39, 0.29) is 6.04 Å². The van der Waals surface area contributed by atoms with Crippen LogP contribution in [-0.2, 0) is 5.75 Å². The fourth-order valence-corrected chi connectivity index (χ4v) is 2.63. The highest BCUT2D eigenvalue weighted by atomic mass is 32.2. The molecule has 0 aliphatic carbocycles. The lowest BCUT2D eigenvalue weighted by Crippen LogP contribution is -2.17. The van der Waals surface area contributed by atoms with E-state index in [0.717, 1.165) is 18.1 Å². The maximum atomic E-state index is 5.26. The minimum atomic E-state index is 0.106. The Hall–Kier alpha value is -1.33. The van der Waals surface area contributed by atoms with Gasteiger partial charge in [-0.15, -0.1) is 11.8 Å². The first-order valence-corrected chi connectivity index (χ1v) is 7.43. The van der Waals surface area contributed by atoms with Crippen LogP contribution in [0.3, 0.4) is 0 Å². The molecule has 0 bridgehead atoms. The molecule has 1 unspecified atom stereocenters. The maximum Gasteiger partial charge on any atom is 0.243 e. The summed E-state index contributed by atoms with van der Waals surface area (Å²) in [6.45, 7) is 7.07. The van der Waals surface area contributed by atoms with Crippen LogP contribution < -0.4 is 5.32 Å². The molecule has 5 heteroatoms. The molecule has 0 saturated heterocycles. The van der Waals surface area contributed by atoms with Crippen molar-refractivity contribution >= 4 is 11.8 Å². The van der Waals surface area contributed by atoms with Crippen molar-refractivity contribution in [3.63, 3.8) is 0 Å². The number of thioether (sulfide) groups is 1. The summed E-state index contributed by atoms with van der Waals surface area (Å²) in [5, 5.41) is 7.27. The molecule has 4 nitrogen and oxygen atoms in total. The van der Waals surface area contributed by atoms with E-state index in [1.807, 2.05) is 19.1 Å². The molecular weight excluding hydrogens is 258 g/mol. The third-order valence-corrected chi connectivity index (χ3v) is 3.99. The van der Waals surface area contributed by atoms with Crippen molar-refractivity contribution < 1.29 is 4.52 Å². The van der Waals surface area contributed by atoms with E-state index in [1.54, 1.807) is 11.8 Å². The van der Waals surface area contributed by atoms with Crippen molar-refractivity contribution in [2.75, 3.05) is 6.54 Å². The zero-order chi connectivity index (χ0) is 13.7. The summed E-state index contributed by atoms with van der Waals surface area (Å²) in [5.41, 5.74) is 1.28. The summed E-state index contributed by atoms with van der Waals surface area (Å²) >= 11 is 1.73. The fourth-order valence-electron chi connectivity index (χ4n) is 1.76. The summed E-state index contributed by atoms with van der Waals surface area (Å²) in [5.74, 6) is 2.13. The number of aromatic nitrogens is 2. The van der Waals surface area contributed by atoms with Gasteiger partial charge in [0, 0.05) is 4.90 Å². The molecule has 0 amide bonds. The largest absolute Gasteiger partial charge is 0.338 e. The van der Waals surface area contributed by atoms with E-state index >= 15 is 0 Å². The smallest absolute Gasteiger partial charge is 0.243 e. The van der Waals surface area contributed by atoms with E-state index in [1.165, 1.54) is 10.5 Å². The van der Waals surface area contributed by atoms with Crippen LogP contribution in [0.1, 0.15) is 37.2 Å². The predicted octanol–water partition coefficient (Wildman–Crippen LogP) is 3.34. The van der Waals surface area contributed by atoms with Gasteiger partial charge in [-0.2, -0.15) is 4.98 Å². The summed E-state index contributed by atoms with van der Waals surface area (Å²) in [6, 6.07) is 8.42. The topological polar surface area (TPSA) is 51.0 Å². The molecule has 0 radical (unpaired) electrons. The normalized spacial score (nSPS) is 12.6. The van der Waals surface area contributed by atoms with Crippen LogP contribution in [-0.4, -0.2) is 16.7 Å². The Morgan fingerprint density at radius 2 is 2.16 bits per heavy atom. The zero-order valence-electron chi connectivity index (χ0n) is 11.5. The van der Waals surface area contributed by atoms with Gasteiger partial charge in [-0.05, 0) is 32.0 Å². The van der Waals surface area contributed by atoms with Gasteiger partial charge < -0.3 is 9.84 Å². The fraction of sp³-hybridized carbons (Fsp3) is 0.429. The SMILES string of the molecule is CCNC(C)c1nc(CSc2ccccc2C)no1. The second-order valence-corrected chi connectivity index (χ2v) is 5.40. The zero-order valence-corrected chi connectivity index (χ0v) is 12.3.